The number of hydrogen-bond donors (Lipinski definition) is 1. The molecule has 0 fully saturated rings. The van der Waals surface area contributed by atoms with Crippen LogP contribution in [0.5, 0.6) is 0 Å². The Labute approximate surface area is 76.1 Å². The zero-order valence-corrected chi connectivity index (χ0v) is 7.23. The second-order valence-corrected chi connectivity index (χ2v) is 2.55. The summed E-state index contributed by atoms with van der Waals surface area (Å²) in [5.41, 5.74) is 0. The SMILES string of the molecule is O=Cc1ccc(COCCCO)o1. The summed E-state index contributed by atoms with van der Waals surface area (Å²) in [6.45, 7) is 0.958. The molecule has 1 heterocycles. The summed E-state index contributed by atoms with van der Waals surface area (Å²) < 4.78 is 10.2. The predicted octanol–water partition coefficient (Wildman–Crippen LogP) is 0.991. The second kappa shape index (κ2) is 5.50. The molecule has 0 radical (unpaired) electrons. The second-order valence-electron chi connectivity index (χ2n) is 2.55. The van der Waals surface area contributed by atoms with E-state index >= 15 is 0 Å². The van der Waals surface area contributed by atoms with Crippen molar-refractivity contribution in [1.29, 1.82) is 0 Å². The average molecular weight is 184 g/mol. The number of aliphatic hydroxyl groups is 1. The smallest absolute Gasteiger partial charge is 0.185 e. The minimum atomic E-state index is 0.123. The van der Waals surface area contributed by atoms with Gasteiger partial charge in [-0.1, -0.05) is 0 Å². The van der Waals surface area contributed by atoms with Gasteiger partial charge in [0, 0.05) is 13.2 Å². The van der Waals surface area contributed by atoms with E-state index in [0.29, 0.717) is 37.4 Å². The number of ether oxygens (including phenoxy) is 1. The van der Waals surface area contributed by atoms with Gasteiger partial charge in [-0.2, -0.15) is 0 Å². The topological polar surface area (TPSA) is 59.7 Å². The molecule has 0 aliphatic rings. The van der Waals surface area contributed by atoms with Gasteiger partial charge < -0.3 is 14.3 Å². The number of hydrogen-bond acceptors (Lipinski definition) is 4. The molecule has 72 valence electrons. The van der Waals surface area contributed by atoms with Crippen molar-refractivity contribution in [2.24, 2.45) is 0 Å². The van der Waals surface area contributed by atoms with Crippen LogP contribution in [-0.4, -0.2) is 24.6 Å². The fraction of sp³-hybridized carbons (Fsp3) is 0.444. The van der Waals surface area contributed by atoms with E-state index in [-0.39, 0.29) is 6.61 Å². The first-order valence-electron chi connectivity index (χ1n) is 4.09. The maximum atomic E-state index is 10.2. The highest BCUT2D eigenvalue weighted by Gasteiger charge is 1.99. The minimum absolute atomic E-state index is 0.123. The molecule has 13 heavy (non-hydrogen) atoms. The van der Waals surface area contributed by atoms with Crippen LogP contribution in [0.3, 0.4) is 0 Å². The third-order valence-electron chi connectivity index (χ3n) is 1.49. The molecule has 0 unspecified atom stereocenters. The maximum Gasteiger partial charge on any atom is 0.185 e. The number of furan rings is 1. The molecule has 1 rings (SSSR count). The third kappa shape index (κ3) is 3.40. The predicted molar refractivity (Wildman–Crippen MR) is 45.5 cm³/mol. The molecule has 0 atom stereocenters. The number of carbonyl (C=O) groups is 1. The zero-order valence-electron chi connectivity index (χ0n) is 7.23. The molecule has 1 aromatic rings. The van der Waals surface area contributed by atoms with Gasteiger partial charge in [0.05, 0.1) is 0 Å². The van der Waals surface area contributed by atoms with Crippen molar-refractivity contribution in [3.05, 3.63) is 23.7 Å². The van der Waals surface area contributed by atoms with Gasteiger partial charge in [0.1, 0.15) is 12.4 Å². The summed E-state index contributed by atoms with van der Waals surface area (Å²) in [6.07, 6.45) is 1.26. The number of aldehydes is 1. The van der Waals surface area contributed by atoms with Crippen LogP contribution in [-0.2, 0) is 11.3 Å². The molecule has 0 aliphatic heterocycles. The van der Waals surface area contributed by atoms with E-state index in [4.69, 9.17) is 14.3 Å². The van der Waals surface area contributed by atoms with E-state index in [1.807, 2.05) is 0 Å². The van der Waals surface area contributed by atoms with Crippen LogP contribution >= 0.6 is 0 Å². The van der Waals surface area contributed by atoms with Gasteiger partial charge in [-0.15, -0.1) is 0 Å². The molecule has 1 N–H and O–H groups in total. The molecule has 0 aromatic carbocycles. The van der Waals surface area contributed by atoms with Crippen molar-refractivity contribution >= 4 is 6.29 Å². The molecule has 0 amide bonds. The van der Waals surface area contributed by atoms with Gasteiger partial charge in [0.2, 0.25) is 0 Å². The van der Waals surface area contributed by atoms with Gasteiger partial charge in [-0.05, 0) is 18.6 Å². The molecule has 0 aliphatic carbocycles. The Hall–Kier alpha value is -1.13. The molecule has 0 saturated heterocycles. The van der Waals surface area contributed by atoms with Crippen molar-refractivity contribution in [1.82, 2.24) is 0 Å². The van der Waals surface area contributed by atoms with Crippen LogP contribution in [0.4, 0.5) is 0 Å². The van der Waals surface area contributed by atoms with Gasteiger partial charge in [-0.25, -0.2) is 0 Å². The van der Waals surface area contributed by atoms with Gasteiger partial charge in [0.25, 0.3) is 0 Å². The van der Waals surface area contributed by atoms with E-state index in [1.165, 1.54) is 0 Å². The molecule has 1 aromatic heterocycles. The van der Waals surface area contributed by atoms with Gasteiger partial charge >= 0.3 is 0 Å². The maximum absolute atomic E-state index is 10.2. The largest absolute Gasteiger partial charge is 0.456 e. The molecule has 4 nitrogen and oxygen atoms in total. The zero-order chi connectivity index (χ0) is 9.52. The van der Waals surface area contributed by atoms with Gasteiger partial charge in [-0.3, -0.25) is 4.79 Å². The molecular weight excluding hydrogens is 172 g/mol. The normalized spacial score (nSPS) is 10.2. The third-order valence-corrected chi connectivity index (χ3v) is 1.49. The lowest BCUT2D eigenvalue weighted by Crippen LogP contribution is -1.96. The number of rotatable bonds is 6. The summed E-state index contributed by atoms with van der Waals surface area (Å²) in [5.74, 6) is 0.931. The highest BCUT2D eigenvalue weighted by Crippen LogP contribution is 2.06. The Bertz CT molecular complexity index is 254. The lowest BCUT2D eigenvalue weighted by atomic mass is 10.4. The van der Waals surface area contributed by atoms with E-state index in [9.17, 15) is 4.79 Å². The minimum Gasteiger partial charge on any atom is -0.456 e. The van der Waals surface area contributed by atoms with E-state index < -0.39 is 0 Å². The first-order valence-corrected chi connectivity index (χ1v) is 4.09. The van der Waals surface area contributed by atoms with Crippen LogP contribution < -0.4 is 0 Å². The van der Waals surface area contributed by atoms with Crippen molar-refractivity contribution in [2.45, 2.75) is 13.0 Å². The highest BCUT2D eigenvalue weighted by molar-refractivity contribution is 5.70. The van der Waals surface area contributed by atoms with E-state index in [1.54, 1.807) is 12.1 Å². The molecule has 0 saturated carbocycles. The van der Waals surface area contributed by atoms with Crippen LogP contribution in [0.1, 0.15) is 22.7 Å². The summed E-state index contributed by atoms with van der Waals surface area (Å²) in [5, 5.41) is 8.46. The summed E-state index contributed by atoms with van der Waals surface area (Å²) in [6, 6.07) is 3.29. The van der Waals surface area contributed by atoms with E-state index in [0.717, 1.165) is 0 Å². The Balaban J connectivity index is 2.24. The summed E-state index contributed by atoms with van der Waals surface area (Å²) >= 11 is 0. The van der Waals surface area contributed by atoms with Crippen LogP contribution in [0.2, 0.25) is 0 Å². The molecule has 4 heteroatoms. The number of carbonyl (C=O) groups excluding carboxylic acids is 1. The average Bonchev–Trinajstić information content (AvgIpc) is 2.60. The fourth-order valence-electron chi connectivity index (χ4n) is 0.875. The van der Waals surface area contributed by atoms with Crippen molar-refractivity contribution in [3.8, 4) is 0 Å². The van der Waals surface area contributed by atoms with Crippen molar-refractivity contribution < 1.29 is 19.1 Å². The monoisotopic (exact) mass is 184 g/mol. The Morgan fingerprint density at radius 2 is 2.38 bits per heavy atom. The lowest BCUT2D eigenvalue weighted by molar-refractivity contribution is 0.0900. The fourth-order valence-corrected chi connectivity index (χ4v) is 0.875. The standard InChI is InChI=1S/C9H12O4/c10-4-1-5-12-7-9-3-2-8(6-11)13-9/h2-3,6,10H,1,4-5,7H2. The molecular formula is C9H12O4. The highest BCUT2D eigenvalue weighted by atomic mass is 16.5. The lowest BCUT2D eigenvalue weighted by Gasteiger charge is -1.98. The first-order chi connectivity index (χ1) is 6.36. The quantitative estimate of drug-likeness (QED) is 0.529. The Kier molecular flexibility index (Phi) is 4.21. The number of aliphatic hydroxyl groups excluding tert-OH is 1. The van der Waals surface area contributed by atoms with Crippen LogP contribution in [0, 0.1) is 0 Å². The van der Waals surface area contributed by atoms with Crippen LogP contribution in [0.15, 0.2) is 16.5 Å². The summed E-state index contributed by atoms with van der Waals surface area (Å²) in [7, 11) is 0. The summed E-state index contributed by atoms with van der Waals surface area (Å²) in [4.78, 5) is 10.2. The Morgan fingerprint density at radius 1 is 1.54 bits per heavy atom. The van der Waals surface area contributed by atoms with Crippen molar-refractivity contribution in [3.63, 3.8) is 0 Å². The molecule has 0 spiro atoms. The van der Waals surface area contributed by atoms with E-state index in [2.05, 4.69) is 0 Å². The van der Waals surface area contributed by atoms with Gasteiger partial charge in [0.15, 0.2) is 12.0 Å². The Morgan fingerprint density at radius 3 is 3.00 bits per heavy atom. The van der Waals surface area contributed by atoms with Crippen LogP contribution in [0.25, 0.3) is 0 Å². The first kappa shape index (κ1) is 9.95. The van der Waals surface area contributed by atoms with Crippen molar-refractivity contribution in [2.75, 3.05) is 13.2 Å². The molecule has 0 bridgehead atoms.